The van der Waals surface area contributed by atoms with Gasteiger partial charge >= 0.3 is 0 Å². The number of aryl methyl sites for hydroxylation is 1. The van der Waals surface area contributed by atoms with E-state index in [1.54, 1.807) is 0 Å². The summed E-state index contributed by atoms with van der Waals surface area (Å²) in [5.41, 5.74) is 2.13. The molecule has 3 rings (SSSR count). The molecule has 1 saturated heterocycles. The van der Waals surface area contributed by atoms with E-state index in [1.807, 2.05) is 25.3 Å². The Morgan fingerprint density at radius 2 is 2.19 bits per heavy atom. The van der Waals surface area contributed by atoms with Crippen LogP contribution in [0.1, 0.15) is 31.1 Å². The Hall–Kier alpha value is -1.59. The highest BCUT2D eigenvalue weighted by Gasteiger charge is 2.16. The first kappa shape index (κ1) is 14.4. The van der Waals surface area contributed by atoms with E-state index < -0.39 is 0 Å². The molecule has 5 nitrogen and oxygen atoms in total. The quantitative estimate of drug-likeness (QED) is 0.857. The van der Waals surface area contributed by atoms with E-state index in [-0.39, 0.29) is 0 Å². The topological polar surface area (TPSA) is 57.1 Å². The molecule has 1 aliphatic heterocycles. The fraction of sp³-hybridized carbons (Fsp3) is 0.562. The molecule has 0 radical (unpaired) electrons. The minimum absolute atomic E-state index is 0.476. The molecule has 0 aromatic carbocycles. The highest BCUT2D eigenvalue weighted by Crippen LogP contribution is 2.23. The molecule has 2 aromatic rings. The van der Waals surface area contributed by atoms with Crippen molar-refractivity contribution in [3.05, 3.63) is 29.7 Å². The number of aromatic nitrogens is 2. The predicted octanol–water partition coefficient (Wildman–Crippen LogP) is 2.55. The number of hydrogen-bond donors (Lipinski definition) is 2. The van der Waals surface area contributed by atoms with Crippen molar-refractivity contribution in [1.29, 1.82) is 0 Å². The van der Waals surface area contributed by atoms with Crippen LogP contribution in [0.25, 0.3) is 11.5 Å². The summed E-state index contributed by atoms with van der Waals surface area (Å²) in [5, 5.41) is 10.8. The van der Waals surface area contributed by atoms with Crippen LogP contribution in [0.5, 0.6) is 0 Å². The number of nitrogens with one attached hydrogen (secondary N) is 2. The molecule has 0 aliphatic carbocycles. The number of rotatable bonds is 6. The molecule has 5 heteroatoms. The van der Waals surface area contributed by atoms with Gasteiger partial charge in [0.25, 0.3) is 0 Å². The normalized spacial score (nSPS) is 17.4. The van der Waals surface area contributed by atoms with Crippen LogP contribution in [0.4, 0.5) is 0 Å². The monoisotopic (exact) mass is 288 g/mol. The fourth-order valence-electron chi connectivity index (χ4n) is 2.93. The van der Waals surface area contributed by atoms with E-state index >= 15 is 0 Å². The van der Waals surface area contributed by atoms with Crippen molar-refractivity contribution < 1.29 is 4.42 Å². The summed E-state index contributed by atoms with van der Waals surface area (Å²) in [6, 6.07) is 4.44. The second-order valence-electron chi connectivity index (χ2n) is 5.97. The van der Waals surface area contributed by atoms with Gasteiger partial charge in [-0.3, -0.25) is 5.10 Å². The molecular formula is C16H24N4O. The first-order chi connectivity index (χ1) is 10.2. The first-order valence-corrected chi connectivity index (χ1v) is 7.77. The third-order valence-corrected chi connectivity index (χ3v) is 4.08. The smallest absolute Gasteiger partial charge is 0.152 e. The van der Waals surface area contributed by atoms with E-state index in [1.165, 1.54) is 25.9 Å². The van der Waals surface area contributed by atoms with E-state index in [2.05, 4.69) is 27.3 Å². The summed E-state index contributed by atoms with van der Waals surface area (Å²) in [5.74, 6) is 1.77. The average molecular weight is 288 g/mol. The van der Waals surface area contributed by atoms with Crippen molar-refractivity contribution in [2.75, 3.05) is 19.6 Å². The van der Waals surface area contributed by atoms with Gasteiger partial charge in [-0.1, -0.05) is 0 Å². The van der Waals surface area contributed by atoms with E-state index in [9.17, 15) is 0 Å². The number of likely N-dealkylation sites (tertiary alicyclic amines) is 1. The number of nitrogens with zero attached hydrogens (tertiary/aromatic N) is 2. The average Bonchev–Trinajstić information content (AvgIpc) is 3.17. The minimum Gasteiger partial charge on any atom is -0.460 e. The van der Waals surface area contributed by atoms with Crippen LogP contribution in [-0.4, -0.2) is 40.8 Å². The largest absolute Gasteiger partial charge is 0.460 e. The lowest BCUT2D eigenvalue weighted by Gasteiger charge is -2.21. The van der Waals surface area contributed by atoms with Gasteiger partial charge in [0, 0.05) is 24.7 Å². The number of aromatic amines is 1. The molecular weight excluding hydrogens is 264 g/mol. The Morgan fingerprint density at radius 3 is 2.90 bits per heavy atom. The maximum atomic E-state index is 5.68. The van der Waals surface area contributed by atoms with Gasteiger partial charge < -0.3 is 14.6 Å². The minimum atomic E-state index is 0.476. The third-order valence-electron chi connectivity index (χ3n) is 4.08. The molecule has 0 saturated carbocycles. The molecule has 1 aliphatic rings. The zero-order chi connectivity index (χ0) is 14.7. The molecule has 0 amide bonds. The van der Waals surface area contributed by atoms with Gasteiger partial charge in [-0.25, -0.2) is 0 Å². The van der Waals surface area contributed by atoms with Crippen molar-refractivity contribution >= 4 is 0 Å². The lowest BCUT2D eigenvalue weighted by Crippen LogP contribution is -2.37. The standard InChI is InChI=1S/C16H24N4O/c1-12(11-20-7-3-4-8-20)17-9-14-10-18-19-16(14)15-6-5-13(2)21-15/h5-6,10,12,17H,3-4,7-9,11H2,1-2H3,(H,18,19). The Labute approximate surface area is 125 Å². The maximum absolute atomic E-state index is 5.68. The van der Waals surface area contributed by atoms with Crippen LogP contribution in [0.2, 0.25) is 0 Å². The van der Waals surface area contributed by atoms with Crippen molar-refractivity contribution in [1.82, 2.24) is 20.4 Å². The van der Waals surface area contributed by atoms with E-state index in [0.29, 0.717) is 6.04 Å². The predicted molar refractivity (Wildman–Crippen MR) is 83.0 cm³/mol. The molecule has 21 heavy (non-hydrogen) atoms. The molecule has 1 atom stereocenters. The molecule has 0 spiro atoms. The van der Waals surface area contributed by atoms with Crippen LogP contribution in [0.15, 0.2) is 22.7 Å². The zero-order valence-corrected chi connectivity index (χ0v) is 12.9. The van der Waals surface area contributed by atoms with Gasteiger partial charge in [0.2, 0.25) is 0 Å². The number of furan rings is 1. The fourth-order valence-corrected chi connectivity index (χ4v) is 2.93. The molecule has 2 N–H and O–H groups in total. The van der Waals surface area contributed by atoms with Crippen LogP contribution in [-0.2, 0) is 6.54 Å². The summed E-state index contributed by atoms with van der Waals surface area (Å²) in [4.78, 5) is 2.53. The summed E-state index contributed by atoms with van der Waals surface area (Å²) in [6.07, 6.45) is 4.57. The lowest BCUT2D eigenvalue weighted by atomic mass is 10.2. The highest BCUT2D eigenvalue weighted by molar-refractivity contribution is 5.56. The van der Waals surface area contributed by atoms with Crippen LogP contribution in [0, 0.1) is 6.92 Å². The number of H-pyrrole nitrogens is 1. The Balaban J connectivity index is 1.57. The Kier molecular flexibility index (Phi) is 4.41. The van der Waals surface area contributed by atoms with E-state index in [4.69, 9.17) is 4.42 Å². The van der Waals surface area contributed by atoms with Gasteiger partial charge in [0.05, 0.1) is 6.20 Å². The van der Waals surface area contributed by atoms with Gasteiger partial charge in [-0.05, 0) is 51.9 Å². The molecule has 1 fully saturated rings. The molecule has 1 unspecified atom stereocenters. The summed E-state index contributed by atoms with van der Waals surface area (Å²) >= 11 is 0. The summed E-state index contributed by atoms with van der Waals surface area (Å²) in [6.45, 7) is 8.61. The van der Waals surface area contributed by atoms with Gasteiger partial charge in [0.1, 0.15) is 11.5 Å². The van der Waals surface area contributed by atoms with Crippen molar-refractivity contribution in [2.24, 2.45) is 0 Å². The van der Waals surface area contributed by atoms with Crippen molar-refractivity contribution in [3.63, 3.8) is 0 Å². The molecule has 3 heterocycles. The van der Waals surface area contributed by atoms with Gasteiger partial charge in [0.15, 0.2) is 5.76 Å². The van der Waals surface area contributed by atoms with Crippen molar-refractivity contribution in [2.45, 2.75) is 39.3 Å². The van der Waals surface area contributed by atoms with Crippen LogP contribution in [0.3, 0.4) is 0 Å². The van der Waals surface area contributed by atoms with Gasteiger partial charge in [-0.2, -0.15) is 5.10 Å². The summed E-state index contributed by atoms with van der Waals surface area (Å²) < 4.78 is 5.68. The molecule has 114 valence electrons. The van der Waals surface area contributed by atoms with Crippen molar-refractivity contribution in [3.8, 4) is 11.5 Å². The maximum Gasteiger partial charge on any atom is 0.152 e. The second kappa shape index (κ2) is 6.45. The first-order valence-electron chi connectivity index (χ1n) is 7.77. The zero-order valence-electron chi connectivity index (χ0n) is 12.9. The SMILES string of the molecule is Cc1ccc(-c2[nH]ncc2CNC(C)CN2CCCC2)o1. The second-order valence-corrected chi connectivity index (χ2v) is 5.97. The third kappa shape index (κ3) is 3.54. The van der Waals surface area contributed by atoms with Crippen LogP contribution < -0.4 is 5.32 Å². The van der Waals surface area contributed by atoms with E-state index in [0.717, 1.165) is 35.9 Å². The Bertz CT molecular complexity index is 568. The lowest BCUT2D eigenvalue weighted by molar-refractivity contribution is 0.298. The van der Waals surface area contributed by atoms with Gasteiger partial charge in [-0.15, -0.1) is 0 Å². The molecule has 0 bridgehead atoms. The van der Waals surface area contributed by atoms with Crippen LogP contribution >= 0.6 is 0 Å². The summed E-state index contributed by atoms with van der Waals surface area (Å²) in [7, 11) is 0. The highest BCUT2D eigenvalue weighted by atomic mass is 16.3. The molecule has 2 aromatic heterocycles. The number of hydrogen-bond acceptors (Lipinski definition) is 4. The Morgan fingerprint density at radius 1 is 1.38 bits per heavy atom.